The maximum absolute atomic E-state index is 4.54. The number of thiazole rings is 1. The summed E-state index contributed by atoms with van der Waals surface area (Å²) in [5.74, 6) is 1.14. The molecule has 23 heavy (non-hydrogen) atoms. The first-order valence-corrected chi connectivity index (χ1v) is 9.03. The van der Waals surface area contributed by atoms with E-state index in [0.717, 1.165) is 26.6 Å². The van der Waals surface area contributed by atoms with Crippen molar-refractivity contribution in [3.8, 4) is 0 Å². The van der Waals surface area contributed by atoms with Crippen molar-refractivity contribution in [1.29, 1.82) is 0 Å². The Bertz CT molecular complexity index is 770. The molecule has 3 heterocycles. The Morgan fingerprint density at radius 1 is 1.30 bits per heavy atom. The highest BCUT2D eigenvalue weighted by atomic mass is 32.1. The van der Waals surface area contributed by atoms with Crippen LogP contribution in [-0.4, -0.2) is 32.6 Å². The van der Waals surface area contributed by atoms with Crippen LogP contribution in [0.1, 0.15) is 35.5 Å². The van der Waals surface area contributed by atoms with Gasteiger partial charge in [-0.15, -0.1) is 21.5 Å². The fourth-order valence-corrected chi connectivity index (χ4v) is 3.49. The summed E-state index contributed by atoms with van der Waals surface area (Å²) in [6, 6.07) is 0. The van der Waals surface area contributed by atoms with Crippen LogP contribution in [0.25, 0.3) is 4.96 Å². The molecular weight excluding hydrogens is 330 g/mol. The third kappa shape index (κ3) is 3.85. The number of nitrogens with one attached hydrogen (secondary N) is 2. The number of rotatable bonds is 5. The van der Waals surface area contributed by atoms with Crippen molar-refractivity contribution in [2.45, 2.75) is 32.9 Å². The third-order valence-electron chi connectivity index (χ3n) is 3.19. The van der Waals surface area contributed by atoms with E-state index in [4.69, 9.17) is 0 Å². The maximum Gasteiger partial charge on any atom is 0.193 e. The summed E-state index contributed by atoms with van der Waals surface area (Å²) in [5.41, 5.74) is 0.984. The summed E-state index contributed by atoms with van der Waals surface area (Å²) in [5, 5.41) is 18.9. The van der Waals surface area contributed by atoms with Crippen molar-refractivity contribution in [2.24, 2.45) is 4.99 Å². The molecule has 0 saturated heterocycles. The van der Waals surface area contributed by atoms with Gasteiger partial charge in [0.05, 0.1) is 18.8 Å². The second-order valence-electron chi connectivity index (χ2n) is 5.29. The first-order valence-electron chi connectivity index (χ1n) is 7.33. The number of imidazole rings is 1. The Balaban J connectivity index is 1.52. The van der Waals surface area contributed by atoms with Crippen LogP contribution in [0, 0.1) is 0 Å². The van der Waals surface area contributed by atoms with Gasteiger partial charge in [0, 0.05) is 30.7 Å². The van der Waals surface area contributed by atoms with E-state index in [0.29, 0.717) is 19.0 Å². The second-order valence-corrected chi connectivity index (χ2v) is 7.26. The molecule has 0 spiro atoms. The monoisotopic (exact) mass is 349 g/mol. The average molecular weight is 349 g/mol. The first-order chi connectivity index (χ1) is 11.2. The van der Waals surface area contributed by atoms with Gasteiger partial charge in [0.2, 0.25) is 0 Å². The molecule has 0 saturated carbocycles. The van der Waals surface area contributed by atoms with E-state index in [9.17, 15) is 0 Å². The molecule has 122 valence electrons. The lowest BCUT2D eigenvalue weighted by molar-refractivity contribution is 0.778. The Kier molecular flexibility index (Phi) is 4.87. The number of nitrogens with zero attached hydrogens (tertiary/aromatic N) is 5. The topological polar surface area (TPSA) is 79.5 Å². The van der Waals surface area contributed by atoms with Crippen LogP contribution in [0.15, 0.2) is 22.8 Å². The third-order valence-corrected chi connectivity index (χ3v) is 5.18. The molecule has 0 aliphatic heterocycles. The van der Waals surface area contributed by atoms with Gasteiger partial charge in [-0.25, -0.2) is 4.98 Å². The van der Waals surface area contributed by atoms with E-state index >= 15 is 0 Å². The largest absolute Gasteiger partial charge is 0.351 e. The molecule has 0 unspecified atom stereocenters. The van der Waals surface area contributed by atoms with Crippen LogP contribution in [0.4, 0.5) is 0 Å². The van der Waals surface area contributed by atoms with Gasteiger partial charge in [-0.1, -0.05) is 25.2 Å². The Morgan fingerprint density at radius 2 is 2.13 bits per heavy atom. The molecule has 0 amide bonds. The zero-order valence-electron chi connectivity index (χ0n) is 13.3. The van der Waals surface area contributed by atoms with E-state index in [1.54, 1.807) is 29.7 Å². The van der Waals surface area contributed by atoms with Gasteiger partial charge in [-0.2, -0.15) is 0 Å². The van der Waals surface area contributed by atoms with Crippen molar-refractivity contribution in [1.82, 2.24) is 30.2 Å². The molecule has 3 aromatic rings. The normalized spacial score (nSPS) is 12.3. The average Bonchev–Trinajstić information content (AvgIpc) is 3.22. The second kappa shape index (κ2) is 7.05. The number of aliphatic imine (C=N–C) groups is 1. The molecule has 3 aromatic heterocycles. The van der Waals surface area contributed by atoms with E-state index in [-0.39, 0.29) is 0 Å². The SMILES string of the molecule is CN=C(NCc1cn2ccsc2n1)NCc1nnc(C(C)C)s1. The van der Waals surface area contributed by atoms with Crippen LogP contribution in [0.5, 0.6) is 0 Å². The quantitative estimate of drug-likeness (QED) is 0.545. The van der Waals surface area contributed by atoms with Gasteiger partial charge in [-0.3, -0.25) is 9.39 Å². The molecule has 0 aromatic carbocycles. The number of hydrogen-bond acceptors (Lipinski definition) is 6. The minimum atomic E-state index is 0.411. The Labute approximate surface area is 142 Å². The van der Waals surface area contributed by atoms with Gasteiger partial charge >= 0.3 is 0 Å². The molecule has 0 aliphatic rings. The van der Waals surface area contributed by atoms with E-state index < -0.39 is 0 Å². The van der Waals surface area contributed by atoms with Crippen molar-refractivity contribution in [3.63, 3.8) is 0 Å². The molecular formula is C14H19N7S2. The Morgan fingerprint density at radius 3 is 2.83 bits per heavy atom. The highest BCUT2D eigenvalue weighted by Gasteiger charge is 2.08. The van der Waals surface area contributed by atoms with E-state index in [2.05, 4.69) is 44.7 Å². The highest BCUT2D eigenvalue weighted by molar-refractivity contribution is 7.15. The standard InChI is InChI=1S/C14H19N7S2/c1-9(2)12-20-19-11(23-12)7-17-13(15-3)16-6-10-8-21-4-5-22-14(21)18-10/h4-5,8-9H,6-7H2,1-3H3,(H2,15,16,17). The molecule has 0 fully saturated rings. The summed E-state index contributed by atoms with van der Waals surface area (Å²) in [7, 11) is 1.75. The van der Waals surface area contributed by atoms with Gasteiger partial charge in [0.1, 0.15) is 10.0 Å². The first kappa shape index (κ1) is 15.9. The van der Waals surface area contributed by atoms with Crippen LogP contribution in [0.2, 0.25) is 0 Å². The summed E-state index contributed by atoms with van der Waals surface area (Å²) in [6.07, 6.45) is 4.02. The lowest BCUT2D eigenvalue weighted by atomic mass is 10.2. The molecule has 9 heteroatoms. The fourth-order valence-electron chi connectivity index (χ4n) is 1.99. The number of fused-ring (bicyclic) bond motifs is 1. The van der Waals surface area contributed by atoms with Gasteiger partial charge in [0.25, 0.3) is 0 Å². The smallest absolute Gasteiger partial charge is 0.193 e. The van der Waals surface area contributed by atoms with Crippen molar-refractivity contribution in [2.75, 3.05) is 7.05 Å². The highest BCUT2D eigenvalue weighted by Crippen LogP contribution is 2.18. The number of aromatic nitrogens is 4. The molecule has 2 N–H and O–H groups in total. The van der Waals surface area contributed by atoms with Crippen molar-refractivity contribution >= 4 is 33.6 Å². The number of guanidine groups is 1. The minimum Gasteiger partial charge on any atom is -0.351 e. The summed E-state index contributed by atoms with van der Waals surface area (Å²) >= 11 is 3.25. The van der Waals surface area contributed by atoms with E-state index in [1.807, 2.05) is 22.2 Å². The molecule has 7 nitrogen and oxygen atoms in total. The van der Waals surface area contributed by atoms with Crippen LogP contribution < -0.4 is 10.6 Å². The Hall–Kier alpha value is -2.00. The van der Waals surface area contributed by atoms with Gasteiger partial charge in [-0.05, 0) is 0 Å². The lowest BCUT2D eigenvalue weighted by Gasteiger charge is -2.09. The van der Waals surface area contributed by atoms with Crippen LogP contribution >= 0.6 is 22.7 Å². The fraction of sp³-hybridized carbons (Fsp3) is 0.429. The lowest BCUT2D eigenvalue weighted by Crippen LogP contribution is -2.36. The van der Waals surface area contributed by atoms with E-state index in [1.165, 1.54) is 0 Å². The minimum absolute atomic E-state index is 0.411. The van der Waals surface area contributed by atoms with Crippen molar-refractivity contribution in [3.05, 3.63) is 33.5 Å². The zero-order valence-corrected chi connectivity index (χ0v) is 14.9. The predicted molar refractivity (Wildman–Crippen MR) is 94.1 cm³/mol. The van der Waals surface area contributed by atoms with Gasteiger partial charge < -0.3 is 10.6 Å². The zero-order chi connectivity index (χ0) is 16.2. The van der Waals surface area contributed by atoms with Gasteiger partial charge in [0.15, 0.2) is 10.9 Å². The molecule has 0 radical (unpaired) electrons. The van der Waals surface area contributed by atoms with Crippen LogP contribution in [-0.2, 0) is 13.1 Å². The summed E-state index contributed by atoms with van der Waals surface area (Å²) in [4.78, 5) is 9.76. The summed E-state index contributed by atoms with van der Waals surface area (Å²) < 4.78 is 2.02. The molecule has 0 atom stereocenters. The molecule has 0 aliphatic carbocycles. The van der Waals surface area contributed by atoms with Crippen molar-refractivity contribution < 1.29 is 0 Å². The number of hydrogen-bond donors (Lipinski definition) is 2. The molecule has 0 bridgehead atoms. The predicted octanol–water partition coefficient (Wildman–Crippen LogP) is 2.24. The maximum atomic E-state index is 4.54. The van der Waals surface area contributed by atoms with Crippen LogP contribution in [0.3, 0.4) is 0 Å². The summed E-state index contributed by atoms with van der Waals surface area (Å²) in [6.45, 7) is 5.48. The molecule has 3 rings (SSSR count).